The Hall–Kier alpha value is -1.29. The molecule has 4 rings (SSSR count). The summed E-state index contributed by atoms with van der Waals surface area (Å²) in [7, 11) is 0. The molecule has 24 heavy (non-hydrogen) atoms. The summed E-state index contributed by atoms with van der Waals surface area (Å²) < 4.78 is 6.14. The normalized spacial score (nSPS) is 21.5. The second-order valence-corrected chi connectivity index (χ2v) is 8.13. The fourth-order valence-corrected chi connectivity index (χ4v) is 5.07. The van der Waals surface area contributed by atoms with Crippen molar-refractivity contribution in [1.82, 2.24) is 4.90 Å². The molecule has 2 aromatic carbocycles. The summed E-state index contributed by atoms with van der Waals surface area (Å²) >= 11 is 1.90. The number of hydrogen-bond donors (Lipinski definition) is 0. The van der Waals surface area contributed by atoms with Crippen LogP contribution in [-0.4, -0.2) is 36.7 Å². The van der Waals surface area contributed by atoms with Crippen LogP contribution in [0, 0.1) is 0 Å². The van der Waals surface area contributed by atoms with Gasteiger partial charge in [-0.15, -0.1) is 0 Å². The highest BCUT2D eigenvalue weighted by atomic mass is 32.2. The van der Waals surface area contributed by atoms with Gasteiger partial charge in [-0.05, 0) is 43.5 Å². The minimum Gasteiger partial charge on any atom is -0.376 e. The van der Waals surface area contributed by atoms with Gasteiger partial charge in [-0.25, -0.2) is 0 Å². The second kappa shape index (κ2) is 6.91. The van der Waals surface area contributed by atoms with E-state index in [1.165, 1.54) is 20.9 Å². The second-order valence-electron chi connectivity index (χ2n) is 7.05. The Bertz CT molecular complexity index is 669. The average Bonchev–Trinajstić information content (AvgIpc) is 2.62. The van der Waals surface area contributed by atoms with Crippen molar-refractivity contribution in [2.24, 2.45) is 0 Å². The Labute approximate surface area is 149 Å². The van der Waals surface area contributed by atoms with Crippen molar-refractivity contribution >= 4 is 11.8 Å². The third kappa shape index (κ3) is 3.13. The molecule has 0 saturated carbocycles. The van der Waals surface area contributed by atoms with E-state index >= 15 is 0 Å². The van der Waals surface area contributed by atoms with E-state index in [-0.39, 0.29) is 0 Å². The molecule has 0 amide bonds. The molecule has 0 radical (unpaired) electrons. The summed E-state index contributed by atoms with van der Waals surface area (Å²) in [5, 5.41) is 0. The number of nitrogens with zero attached hydrogens (tertiary/aromatic N) is 1. The molecular weight excluding hydrogens is 314 g/mol. The minimum absolute atomic E-state index is 0.315. The first-order valence-electron chi connectivity index (χ1n) is 8.93. The molecule has 3 heteroatoms. The molecule has 0 aliphatic carbocycles. The smallest absolute Gasteiger partial charge is 0.0711 e. The molecule has 2 aliphatic heterocycles. The molecule has 1 unspecified atom stereocenters. The lowest BCUT2D eigenvalue weighted by Gasteiger charge is -2.38. The molecule has 2 aromatic rings. The molecule has 0 aromatic heterocycles. The number of morpholine rings is 1. The van der Waals surface area contributed by atoms with Gasteiger partial charge < -0.3 is 4.74 Å². The van der Waals surface area contributed by atoms with E-state index in [0.29, 0.717) is 18.1 Å². The summed E-state index contributed by atoms with van der Waals surface area (Å²) in [6.45, 7) is 7.52. The highest BCUT2D eigenvalue weighted by molar-refractivity contribution is 7.99. The van der Waals surface area contributed by atoms with Crippen molar-refractivity contribution in [2.45, 2.75) is 48.1 Å². The van der Waals surface area contributed by atoms with Gasteiger partial charge in [0.05, 0.1) is 12.7 Å². The van der Waals surface area contributed by atoms with Crippen molar-refractivity contribution < 1.29 is 4.74 Å². The first-order valence-corrected chi connectivity index (χ1v) is 9.75. The van der Waals surface area contributed by atoms with Crippen LogP contribution in [0.4, 0.5) is 0 Å². The lowest BCUT2D eigenvalue weighted by molar-refractivity contribution is -0.0435. The van der Waals surface area contributed by atoms with E-state index in [0.717, 1.165) is 26.1 Å². The third-order valence-corrected chi connectivity index (χ3v) is 6.39. The zero-order chi connectivity index (χ0) is 16.5. The van der Waals surface area contributed by atoms with Crippen molar-refractivity contribution in [2.75, 3.05) is 19.7 Å². The maximum Gasteiger partial charge on any atom is 0.0711 e. The van der Waals surface area contributed by atoms with E-state index in [4.69, 9.17) is 4.74 Å². The Morgan fingerprint density at radius 2 is 1.67 bits per heavy atom. The molecule has 2 heterocycles. The maximum atomic E-state index is 6.14. The van der Waals surface area contributed by atoms with Crippen LogP contribution in [0.15, 0.2) is 58.3 Å². The predicted octanol–water partition coefficient (Wildman–Crippen LogP) is 4.78. The molecular formula is C21H25NOS. The summed E-state index contributed by atoms with van der Waals surface area (Å²) in [4.78, 5) is 5.35. The highest BCUT2D eigenvalue weighted by Crippen LogP contribution is 2.47. The largest absolute Gasteiger partial charge is 0.376 e. The lowest BCUT2D eigenvalue weighted by atomic mass is 9.85. The first-order chi connectivity index (χ1) is 11.7. The highest BCUT2D eigenvalue weighted by Gasteiger charge is 2.31. The maximum absolute atomic E-state index is 6.14. The van der Waals surface area contributed by atoms with Crippen molar-refractivity contribution in [1.29, 1.82) is 0 Å². The molecule has 0 spiro atoms. The fraction of sp³-hybridized carbons (Fsp3) is 0.429. The monoisotopic (exact) mass is 339 g/mol. The molecule has 1 saturated heterocycles. The number of fused-ring (bicyclic) bond motifs is 2. The summed E-state index contributed by atoms with van der Waals surface area (Å²) in [5.74, 6) is 0.441. The van der Waals surface area contributed by atoms with Crippen LogP contribution in [0.5, 0.6) is 0 Å². The van der Waals surface area contributed by atoms with Gasteiger partial charge in [0.2, 0.25) is 0 Å². The topological polar surface area (TPSA) is 12.5 Å². The van der Waals surface area contributed by atoms with Crippen molar-refractivity contribution in [3.05, 3.63) is 59.7 Å². The molecule has 1 fully saturated rings. The van der Waals surface area contributed by atoms with Crippen molar-refractivity contribution in [3.63, 3.8) is 0 Å². The number of rotatable bonds is 3. The number of hydrogen-bond acceptors (Lipinski definition) is 3. The quantitative estimate of drug-likeness (QED) is 0.798. The van der Waals surface area contributed by atoms with Gasteiger partial charge in [0, 0.05) is 34.8 Å². The van der Waals surface area contributed by atoms with E-state index in [1.54, 1.807) is 0 Å². The Balaban J connectivity index is 1.63. The van der Waals surface area contributed by atoms with Gasteiger partial charge in [0.1, 0.15) is 0 Å². The predicted molar refractivity (Wildman–Crippen MR) is 99.9 cm³/mol. The van der Waals surface area contributed by atoms with E-state index in [9.17, 15) is 0 Å². The zero-order valence-electron chi connectivity index (χ0n) is 14.4. The van der Waals surface area contributed by atoms with Gasteiger partial charge >= 0.3 is 0 Å². The van der Waals surface area contributed by atoms with Gasteiger partial charge in [-0.3, -0.25) is 4.90 Å². The zero-order valence-corrected chi connectivity index (χ0v) is 15.3. The van der Waals surface area contributed by atoms with Gasteiger partial charge in [0.15, 0.2) is 0 Å². The Morgan fingerprint density at radius 1 is 1.04 bits per heavy atom. The van der Waals surface area contributed by atoms with Crippen LogP contribution in [0.1, 0.15) is 37.3 Å². The molecule has 0 N–H and O–H groups in total. The van der Waals surface area contributed by atoms with Crippen LogP contribution in [0.3, 0.4) is 0 Å². The SMILES string of the molecule is CC(C)N1CCOC(CC2c3ccccc3Sc3ccccc32)C1. The molecule has 0 bridgehead atoms. The Morgan fingerprint density at radius 3 is 2.29 bits per heavy atom. The Kier molecular flexibility index (Phi) is 4.66. The van der Waals surface area contributed by atoms with Crippen LogP contribution >= 0.6 is 11.8 Å². The molecule has 1 atom stereocenters. The number of benzene rings is 2. The standard InChI is InChI=1S/C21H25NOS/c1-15(2)22-11-12-23-16(14-22)13-19-17-7-3-5-9-20(17)24-21-10-6-4-8-18(19)21/h3-10,15-16,19H,11-14H2,1-2H3. The molecule has 126 valence electrons. The summed E-state index contributed by atoms with van der Waals surface area (Å²) in [6, 6.07) is 18.3. The number of ether oxygens (including phenoxy) is 1. The average molecular weight is 340 g/mol. The molecule has 2 nitrogen and oxygen atoms in total. The third-order valence-electron chi connectivity index (χ3n) is 5.21. The molecule has 2 aliphatic rings. The fourth-order valence-electron chi connectivity index (χ4n) is 3.88. The van der Waals surface area contributed by atoms with Crippen LogP contribution < -0.4 is 0 Å². The van der Waals surface area contributed by atoms with Crippen LogP contribution in [-0.2, 0) is 4.74 Å². The van der Waals surface area contributed by atoms with Crippen LogP contribution in [0.25, 0.3) is 0 Å². The lowest BCUT2D eigenvalue weighted by Crippen LogP contribution is -2.46. The van der Waals surface area contributed by atoms with Gasteiger partial charge in [-0.2, -0.15) is 0 Å². The van der Waals surface area contributed by atoms with E-state index in [1.807, 2.05) is 11.8 Å². The van der Waals surface area contributed by atoms with E-state index in [2.05, 4.69) is 67.3 Å². The van der Waals surface area contributed by atoms with Gasteiger partial charge in [-0.1, -0.05) is 48.2 Å². The van der Waals surface area contributed by atoms with Gasteiger partial charge in [0.25, 0.3) is 0 Å². The van der Waals surface area contributed by atoms with Crippen LogP contribution in [0.2, 0.25) is 0 Å². The van der Waals surface area contributed by atoms with Crippen molar-refractivity contribution in [3.8, 4) is 0 Å². The van der Waals surface area contributed by atoms with E-state index < -0.39 is 0 Å². The first kappa shape index (κ1) is 16.2. The summed E-state index contributed by atoms with van der Waals surface area (Å²) in [5.41, 5.74) is 2.93. The minimum atomic E-state index is 0.315. The summed E-state index contributed by atoms with van der Waals surface area (Å²) in [6.07, 6.45) is 1.38.